The van der Waals surface area contributed by atoms with Crippen LogP contribution in [0, 0.1) is 0 Å². The van der Waals surface area contributed by atoms with Gasteiger partial charge < -0.3 is 0 Å². The predicted molar refractivity (Wildman–Crippen MR) is 63.5 cm³/mol. The van der Waals surface area contributed by atoms with Crippen molar-refractivity contribution in [3.05, 3.63) is 0 Å². The van der Waals surface area contributed by atoms with Gasteiger partial charge in [-0.25, -0.2) is 0 Å². The molecule has 0 aromatic rings. The van der Waals surface area contributed by atoms with E-state index >= 15 is 0 Å². The Bertz CT molecular complexity index is 207. The summed E-state index contributed by atoms with van der Waals surface area (Å²) in [6.45, 7) is 5.93. The van der Waals surface area contributed by atoms with Gasteiger partial charge in [0.05, 0.1) is 0 Å². The zero-order valence-electron chi connectivity index (χ0n) is 8.98. The quantitative estimate of drug-likeness (QED) is 0.472. The average molecular weight is 388 g/mol. The van der Waals surface area contributed by atoms with Crippen molar-refractivity contribution in [2.45, 2.75) is 33.0 Å². The minimum absolute atomic E-state index is 0.304. The molecule has 0 aromatic heterocycles. The fourth-order valence-electron chi connectivity index (χ4n) is 1.01. The van der Waals surface area contributed by atoms with Crippen molar-refractivity contribution >= 4 is 43.6 Å². The van der Waals surface area contributed by atoms with Crippen LogP contribution in [0.1, 0.15) is 27.2 Å². The van der Waals surface area contributed by atoms with Gasteiger partial charge in [0.15, 0.2) is 0 Å². The van der Waals surface area contributed by atoms with Gasteiger partial charge in [-0.15, -0.1) is 0 Å². The van der Waals surface area contributed by atoms with Gasteiger partial charge in [-0.2, -0.15) is 0 Å². The third kappa shape index (κ3) is 6.12. The number of rotatable bonds is 8. The molecular formula is C7H16Cl2O4PSb. The second-order valence-electron chi connectivity index (χ2n) is 2.55. The average Bonchev–Trinajstić information content (AvgIpc) is 2.14. The van der Waals surface area contributed by atoms with Gasteiger partial charge in [0.2, 0.25) is 0 Å². The van der Waals surface area contributed by atoms with Crippen molar-refractivity contribution in [2.24, 2.45) is 0 Å². The molecule has 8 heteroatoms. The first-order valence-electron chi connectivity index (χ1n) is 4.67. The van der Waals surface area contributed by atoms with Crippen molar-refractivity contribution in [2.75, 3.05) is 13.2 Å². The molecule has 0 spiro atoms. The first-order valence-corrected chi connectivity index (χ1v) is 13.8. The molecule has 0 rings (SSSR count). The number of hydrogen-bond donors (Lipinski definition) is 0. The van der Waals surface area contributed by atoms with Gasteiger partial charge >= 0.3 is 106 Å². The predicted octanol–water partition coefficient (Wildman–Crippen LogP) is 3.47. The van der Waals surface area contributed by atoms with Crippen molar-refractivity contribution in [3.8, 4) is 0 Å². The van der Waals surface area contributed by atoms with E-state index in [0.29, 0.717) is 19.6 Å². The third-order valence-electron chi connectivity index (χ3n) is 1.52. The zero-order valence-corrected chi connectivity index (χ0v) is 13.9. The summed E-state index contributed by atoms with van der Waals surface area (Å²) in [5, 5.41) is 0. The van der Waals surface area contributed by atoms with Gasteiger partial charge in [0, 0.05) is 0 Å². The van der Waals surface area contributed by atoms with Crippen molar-refractivity contribution in [1.29, 1.82) is 0 Å². The van der Waals surface area contributed by atoms with Gasteiger partial charge in [-0.3, -0.25) is 0 Å². The molecule has 0 aliphatic rings. The number of hydrogen-bond acceptors (Lipinski definition) is 4. The van der Waals surface area contributed by atoms with E-state index < -0.39 is 31.8 Å². The van der Waals surface area contributed by atoms with Crippen molar-refractivity contribution in [3.63, 3.8) is 0 Å². The van der Waals surface area contributed by atoms with Gasteiger partial charge in [-0.1, -0.05) is 0 Å². The summed E-state index contributed by atoms with van der Waals surface area (Å²) in [7, 11) is 8.08. The summed E-state index contributed by atoms with van der Waals surface area (Å²) < 4.78 is 27.8. The summed E-state index contributed by atoms with van der Waals surface area (Å²) in [6, 6.07) is 0. The Balaban J connectivity index is 4.60. The molecule has 0 heterocycles. The molecule has 0 aliphatic heterocycles. The molecule has 0 radical (unpaired) electrons. The van der Waals surface area contributed by atoms with E-state index in [1.54, 1.807) is 13.8 Å². The Hall–Kier alpha value is 1.51. The normalized spacial score (nSPS) is 14.5. The van der Waals surface area contributed by atoms with Crippen LogP contribution in [0.5, 0.6) is 0 Å². The third-order valence-corrected chi connectivity index (χ3v) is 6.68. The Kier molecular flexibility index (Phi) is 9.44. The summed E-state index contributed by atoms with van der Waals surface area (Å²) in [5.74, 6) is -0.643. The monoisotopic (exact) mass is 386 g/mol. The fourth-order valence-corrected chi connectivity index (χ4v) is 7.31. The van der Waals surface area contributed by atoms with Crippen LogP contribution in [0.15, 0.2) is 0 Å². The molecule has 0 saturated carbocycles. The molecule has 0 fully saturated rings. The van der Waals surface area contributed by atoms with Crippen LogP contribution in [-0.2, 0) is 16.6 Å². The molecule has 0 saturated heterocycles. The second kappa shape index (κ2) is 8.58. The van der Waals surface area contributed by atoms with E-state index in [1.165, 1.54) is 0 Å². The standard InChI is InChI=1S/C7H16O4P.2ClH.Sb/c1-4-7(8)12(9,10-5-2)11-6-3;;;/h7H,4-6H2,1-3H3;2*1H;/q-1;;;+3/p-2. The molecule has 1 atom stereocenters. The van der Waals surface area contributed by atoms with E-state index in [9.17, 15) is 4.57 Å². The van der Waals surface area contributed by atoms with Crippen LogP contribution >= 0.6 is 25.3 Å². The van der Waals surface area contributed by atoms with E-state index in [4.69, 9.17) is 29.7 Å². The SMILES string of the molecule is CCOP(=O)(OCC)C(CC)[O][Sb]([Cl])[Cl]. The zero-order chi connectivity index (χ0) is 11.9. The second-order valence-corrected chi connectivity index (χ2v) is 11.8. The summed E-state index contributed by atoms with van der Waals surface area (Å²) >= 11 is -2.68. The van der Waals surface area contributed by atoms with Crippen molar-refractivity contribution < 1.29 is 16.6 Å². The maximum absolute atomic E-state index is 12.2. The Morgan fingerprint density at radius 3 is 1.93 bits per heavy atom. The number of halogens is 2. The Morgan fingerprint density at radius 1 is 1.20 bits per heavy atom. The molecular weight excluding hydrogens is 372 g/mol. The molecule has 0 aromatic carbocycles. The maximum atomic E-state index is 12.2. The van der Waals surface area contributed by atoms with Crippen LogP contribution in [0.3, 0.4) is 0 Å². The van der Waals surface area contributed by atoms with E-state index in [-0.39, 0.29) is 0 Å². The van der Waals surface area contributed by atoms with Crippen LogP contribution in [0.2, 0.25) is 0 Å². The van der Waals surface area contributed by atoms with Crippen molar-refractivity contribution in [1.82, 2.24) is 0 Å². The van der Waals surface area contributed by atoms with Gasteiger partial charge in [0.25, 0.3) is 0 Å². The molecule has 1 unspecified atom stereocenters. The summed E-state index contributed by atoms with van der Waals surface area (Å²) in [6.07, 6.45) is 0.497. The van der Waals surface area contributed by atoms with Gasteiger partial charge in [0.1, 0.15) is 0 Å². The first-order chi connectivity index (χ1) is 7.00. The molecule has 0 bridgehead atoms. The van der Waals surface area contributed by atoms with Crippen LogP contribution in [0.25, 0.3) is 0 Å². The molecule has 15 heavy (non-hydrogen) atoms. The summed E-state index contributed by atoms with van der Waals surface area (Å²) in [4.78, 5) is 0. The topological polar surface area (TPSA) is 44.8 Å². The van der Waals surface area contributed by atoms with E-state index in [2.05, 4.69) is 0 Å². The van der Waals surface area contributed by atoms with E-state index in [0.717, 1.165) is 0 Å². The van der Waals surface area contributed by atoms with E-state index in [1.807, 2.05) is 6.92 Å². The minimum atomic E-state index is -3.23. The fraction of sp³-hybridized carbons (Fsp3) is 1.00. The Labute approximate surface area is 106 Å². The Morgan fingerprint density at radius 2 is 1.67 bits per heavy atom. The first kappa shape index (κ1) is 16.5. The molecule has 0 N–H and O–H groups in total. The van der Waals surface area contributed by atoms with Crippen LogP contribution in [0.4, 0.5) is 0 Å². The molecule has 4 nitrogen and oxygen atoms in total. The van der Waals surface area contributed by atoms with Crippen LogP contribution < -0.4 is 0 Å². The van der Waals surface area contributed by atoms with Crippen LogP contribution in [-0.4, -0.2) is 37.4 Å². The molecule has 0 aliphatic carbocycles. The molecule has 92 valence electrons. The summed E-state index contributed by atoms with van der Waals surface area (Å²) in [5.41, 5.74) is 0. The van der Waals surface area contributed by atoms with Gasteiger partial charge in [-0.05, 0) is 0 Å². The molecule has 0 amide bonds.